The van der Waals surface area contributed by atoms with Crippen LogP contribution in [0.3, 0.4) is 0 Å². The van der Waals surface area contributed by atoms with Gasteiger partial charge in [-0.3, -0.25) is 4.79 Å². The molecular formula is C25H32NO2+. The number of hydrogen-bond donors (Lipinski definition) is 1. The standard InChI is InChI=1S/C25H31NO2/c27-25(28-19-22-14-9-17-26-16-8-7-15-24(22)26)18-23(20-10-3-1-4-11-20)21-12-5-2-6-13-21/h1-6,10-13,22-24H,7-9,14-19H2/p+1/t22-,24+/m0/s1. The van der Waals surface area contributed by atoms with Crippen molar-refractivity contribution in [2.45, 2.75) is 50.5 Å². The number of rotatable bonds is 6. The first-order valence-corrected chi connectivity index (χ1v) is 10.9. The van der Waals surface area contributed by atoms with Gasteiger partial charge in [0.15, 0.2) is 0 Å². The number of carbonyl (C=O) groups excluding carboxylic acids is 1. The molecule has 3 nitrogen and oxygen atoms in total. The number of esters is 1. The van der Waals surface area contributed by atoms with Crippen molar-refractivity contribution in [3.63, 3.8) is 0 Å². The molecule has 0 radical (unpaired) electrons. The Balaban J connectivity index is 1.39. The van der Waals surface area contributed by atoms with Crippen molar-refractivity contribution in [1.29, 1.82) is 0 Å². The summed E-state index contributed by atoms with van der Waals surface area (Å²) in [6.07, 6.45) is 6.88. The third-order valence-corrected chi connectivity index (χ3v) is 6.66. The lowest BCUT2D eigenvalue weighted by atomic mass is 9.84. The van der Waals surface area contributed by atoms with Gasteiger partial charge in [-0.05, 0) is 43.2 Å². The second-order valence-corrected chi connectivity index (χ2v) is 8.42. The van der Waals surface area contributed by atoms with Gasteiger partial charge in [0.05, 0.1) is 32.2 Å². The first kappa shape index (κ1) is 19.2. The average Bonchev–Trinajstić information content (AvgIpc) is 2.77. The molecule has 2 aliphatic rings. The molecular weight excluding hydrogens is 346 g/mol. The molecule has 0 amide bonds. The Morgan fingerprint density at radius 2 is 1.54 bits per heavy atom. The quantitative estimate of drug-likeness (QED) is 0.779. The number of fused-ring (bicyclic) bond motifs is 1. The van der Waals surface area contributed by atoms with Crippen LogP contribution in [0, 0.1) is 5.92 Å². The van der Waals surface area contributed by atoms with Gasteiger partial charge in [-0.15, -0.1) is 0 Å². The van der Waals surface area contributed by atoms with Gasteiger partial charge in [0.25, 0.3) is 0 Å². The normalized spacial score (nSPS) is 24.5. The molecule has 3 heteroatoms. The number of ether oxygens (including phenoxy) is 1. The van der Waals surface area contributed by atoms with Gasteiger partial charge in [0.2, 0.25) is 0 Å². The summed E-state index contributed by atoms with van der Waals surface area (Å²) < 4.78 is 5.85. The van der Waals surface area contributed by atoms with Crippen LogP contribution < -0.4 is 4.90 Å². The zero-order valence-corrected chi connectivity index (χ0v) is 16.7. The highest BCUT2D eigenvalue weighted by atomic mass is 16.5. The second kappa shape index (κ2) is 9.38. The summed E-state index contributed by atoms with van der Waals surface area (Å²) in [4.78, 5) is 14.5. The van der Waals surface area contributed by atoms with Crippen LogP contribution in [0.4, 0.5) is 0 Å². The van der Waals surface area contributed by atoms with E-state index in [1.165, 1.54) is 56.3 Å². The van der Waals surface area contributed by atoms with Crippen molar-refractivity contribution in [2.75, 3.05) is 19.7 Å². The minimum absolute atomic E-state index is 0.0538. The summed E-state index contributed by atoms with van der Waals surface area (Å²) >= 11 is 0. The molecule has 3 atom stereocenters. The fourth-order valence-corrected chi connectivity index (χ4v) is 5.20. The van der Waals surface area contributed by atoms with E-state index in [1.54, 1.807) is 4.90 Å². The van der Waals surface area contributed by atoms with E-state index in [4.69, 9.17) is 4.74 Å². The fraction of sp³-hybridized carbons (Fsp3) is 0.480. The Labute approximate surface area is 168 Å². The van der Waals surface area contributed by atoms with Crippen LogP contribution in [-0.2, 0) is 9.53 Å². The van der Waals surface area contributed by atoms with E-state index in [0.29, 0.717) is 25.0 Å². The molecule has 148 valence electrons. The van der Waals surface area contributed by atoms with Crippen LogP contribution in [0.2, 0.25) is 0 Å². The highest BCUT2D eigenvalue weighted by Crippen LogP contribution is 2.28. The zero-order chi connectivity index (χ0) is 19.2. The SMILES string of the molecule is O=C(CC(c1ccccc1)c1ccccc1)OC[C@@H]1CCC[NH+]2CCCC[C@H]12. The van der Waals surface area contributed by atoms with Crippen molar-refractivity contribution in [2.24, 2.45) is 5.92 Å². The molecule has 2 fully saturated rings. The third-order valence-electron chi connectivity index (χ3n) is 6.66. The summed E-state index contributed by atoms with van der Waals surface area (Å²) in [7, 11) is 0. The van der Waals surface area contributed by atoms with Gasteiger partial charge in [0, 0.05) is 11.8 Å². The molecule has 2 aliphatic heterocycles. The number of quaternary nitrogens is 1. The second-order valence-electron chi connectivity index (χ2n) is 8.42. The molecule has 4 rings (SSSR count). The number of piperidine rings is 2. The Morgan fingerprint density at radius 3 is 2.21 bits per heavy atom. The molecule has 0 bridgehead atoms. The largest absolute Gasteiger partial charge is 0.465 e. The van der Waals surface area contributed by atoms with E-state index < -0.39 is 0 Å². The molecule has 2 aromatic rings. The maximum absolute atomic E-state index is 12.8. The minimum atomic E-state index is -0.0689. The van der Waals surface area contributed by atoms with E-state index in [9.17, 15) is 4.79 Å². The molecule has 0 saturated carbocycles. The first-order valence-electron chi connectivity index (χ1n) is 10.9. The molecule has 0 aliphatic carbocycles. The first-order chi connectivity index (χ1) is 13.8. The molecule has 1 N–H and O–H groups in total. The summed E-state index contributed by atoms with van der Waals surface area (Å²) in [6, 6.07) is 21.3. The highest BCUT2D eigenvalue weighted by Gasteiger charge is 2.37. The van der Waals surface area contributed by atoms with Gasteiger partial charge in [-0.2, -0.15) is 0 Å². The van der Waals surface area contributed by atoms with Gasteiger partial charge in [-0.1, -0.05) is 60.7 Å². The van der Waals surface area contributed by atoms with E-state index in [1.807, 2.05) is 36.4 Å². The van der Waals surface area contributed by atoms with E-state index in [2.05, 4.69) is 24.3 Å². The van der Waals surface area contributed by atoms with Crippen LogP contribution in [0.15, 0.2) is 60.7 Å². The van der Waals surface area contributed by atoms with Crippen LogP contribution in [-0.4, -0.2) is 31.7 Å². The summed E-state index contributed by atoms with van der Waals surface area (Å²) in [5.41, 5.74) is 2.34. The Hall–Kier alpha value is -2.13. The van der Waals surface area contributed by atoms with Crippen molar-refractivity contribution in [3.05, 3.63) is 71.8 Å². The number of nitrogens with one attached hydrogen (secondary N) is 1. The van der Waals surface area contributed by atoms with E-state index in [0.717, 1.165) is 0 Å². The summed E-state index contributed by atoms with van der Waals surface area (Å²) in [5, 5.41) is 0. The van der Waals surface area contributed by atoms with Gasteiger partial charge < -0.3 is 9.64 Å². The smallest absolute Gasteiger partial charge is 0.306 e. The number of benzene rings is 2. The van der Waals surface area contributed by atoms with Gasteiger partial charge >= 0.3 is 5.97 Å². The molecule has 2 saturated heterocycles. The Kier molecular flexibility index (Phi) is 6.43. The average molecular weight is 379 g/mol. The molecule has 28 heavy (non-hydrogen) atoms. The molecule has 1 unspecified atom stereocenters. The molecule has 2 heterocycles. The van der Waals surface area contributed by atoms with Gasteiger partial charge in [-0.25, -0.2) is 0 Å². The fourth-order valence-electron chi connectivity index (χ4n) is 5.20. The van der Waals surface area contributed by atoms with E-state index in [-0.39, 0.29) is 11.9 Å². The van der Waals surface area contributed by atoms with Crippen molar-refractivity contribution in [3.8, 4) is 0 Å². The lowest BCUT2D eigenvalue weighted by Crippen LogP contribution is -3.18. The minimum Gasteiger partial charge on any atom is -0.465 e. The van der Waals surface area contributed by atoms with Crippen LogP contribution in [0.1, 0.15) is 55.6 Å². The molecule has 2 aromatic carbocycles. The van der Waals surface area contributed by atoms with Crippen molar-refractivity contribution in [1.82, 2.24) is 0 Å². The van der Waals surface area contributed by atoms with Crippen LogP contribution in [0.25, 0.3) is 0 Å². The van der Waals surface area contributed by atoms with Crippen LogP contribution >= 0.6 is 0 Å². The van der Waals surface area contributed by atoms with Crippen molar-refractivity contribution >= 4 is 5.97 Å². The predicted molar refractivity (Wildman–Crippen MR) is 111 cm³/mol. The van der Waals surface area contributed by atoms with Gasteiger partial charge in [0.1, 0.15) is 0 Å². The third kappa shape index (κ3) is 4.64. The highest BCUT2D eigenvalue weighted by molar-refractivity contribution is 5.71. The Morgan fingerprint density at radius 1 is 0.893 bits per heavy atom. The summed E-state index contributed by atoms with van der Waals surface area (Å²) in [5.74, 6) is 0.526. The maximum Gasteiger partial charge on any atom is 0.306 e. The number of hydrogen-bond acceptors (Lipinski definition) is 2. The monoisotopic (exact) mass is 378 g/mol. The molecule has 0 spiro atoms. The van der Waals surface area contributed by atoms with Crippen molar-refractivity contribution < 1.29 is 14.4 Å². The Bertz CT molecular complexity index is 704. The predicted octanol–water partition coefficient (Wildman–Crippen LogP) is 3.60. The maximum atomic E-state index is 12.8. The zero-order valence-electron chi connectivity index (χ0n) is 16.7. The van der Waals surface area contributed by atoms with E-state index >= 15 is 0 Å². The number of carbonyl (C=O) groups is 1. The summed E-state index contributed by atoms with van der Waals surface area (Å²) in [6.45, 7) is 3.21. The molecule has 0 aromatic heterocycles. The van der Waals surface area contributed by atoms with Crippen LogP contribution in [0.5, 0.6) is 0 Å². The lowest BCUT2D eigenvalue weighted by Gasteiger charge is -2.41. The lowest BCUT2D eigenvalue weighted by molar-refractivity contribution is -0.940. The topological polar surface area (TPSA) is 30.7 Å².